The SMILES string of the molecule is CNC(=O)[C@H](C)NC(=O)c1ccc(-c2cccc(CNC(=O)c3cn4ccc(C)cc4n3)c2)o1. The summed E-state index contributed by atoms with van der Waals surface area (Å²) in [6.45, 7) is 3.87. The van der Waals surface area contributed by atoms with E-state index < -0.39 is 11.9 Å². The number of benzene rings is 1. The summed E-state index contributed by atoms with van der Waals surface area (Å²) in [5, 5.41) is 7.95. The Labute approximate surface area is 196 Å². The number of carbonyl (C=O) groups is 3. The number of hydrogen-bond donors (Lipinski definition) is 3. The maximum atomic E-state index is 12.6. The molecule has 9 heteroatoms. The summed E-state index contributed by atoms with van der Waals surface area (Å²) in [7, 11) is 1.50. The molecule has 0 aliphatic heterocycles. The minimum Gasteiger partial charge on any atom is -0.451 e. The van der Waals surface area contributed by atoms with Crippen molar-refractivity contribution in [1.82, 2.24) is 25.3 Å². The summed E-state index contributed by atoms with van der Waals surface area (Å²) in [5.74, 6) is -0.441. The van der Waals surface area contributed by atoms with Crippen LogP contribution in [0.15, 0.2) is 65.3 Å². The molecule has 0 radical (unpaired) electrons. The molecule has 4 aromatic rings. The van der Waals surface area contributed by atoms with E-state index in [1.54, 1.807) is 25.3 Å². The van der Waals surface area contributed by atoms with Crippen LogP contribution in [0.3, 0.4) is 0 Å². The summed E-state index contributed by atoms with van der Waals surface area (Å²) < 4.78 is 7.50. The molecule has 3 N–H and O–H groups in total. The molecule has 1 atom stereocenters. The van der Waals surface area contributed by atoms with Crippen LogP contribution >= 0.6 is 0 Å². The Morgan fingerprint density at radius 3 is 2.71 bits per heavy atom. The van der Waals surface area contributed by atoms with Crippen molar-refractivity contribution < 1.29 is 18.8 Å². The molecule has 174 valence electrons. The van der Waals surface area contributed by atoms with Gasteiger partial charge in [0.25, 0.3) is 11.8 Å². The van der Waals surface area contributed by atoms with Gasteiger partial charge in [0.15, 0.2) is 5.76 Å². The second-order valence-electron chi connectivity index (χ2n) is 7.95. The van der Waals surface area contributed by atoms with Crippen LogP contribution in [-0.2, 0) is 11.3 Å². The largest absolute Gasteiger partial charge is 0.451 e. The molecular formula is C25H25N5O4. The van der Waals surface area contributed by atoms with Crippen molar-refractivity contribution in [2.45, 2.75) is 26.4 Å². The summed E-state index contributed by atoms with van der Waals surface area (Å²) >= 11 is 0. The van der Waals surface area contributed by atoms with Gasteiger partial charge < -0.3 is 24.8 Å². The van der Waals surface area contributed by atoms with E-state index in [9.17, 15) is 14.4 Å². The number of amides is 3. The molecule has 0 unspecified atom stereocenters. The Kier molecular flexibility index (Phi) is 6.44. The quantitative estimate of drug-likeness (QED) is 0.393. The molecule has 1 aromatic carbocycles. The Morgan fingerprint density at radius 1 is 1.09 bits per heavy atom. The van der Waals surface area contributed by atoms with E-state index in [1.807, 2.05) is 53.9 Å². The molecule has 3 amide bonds. The number of pyridine rings is 1. The van der Waals surface area contributed by atoms with Crippen LogP contribution in [0.1, 0.15) is 39.1 Å². The van der Waals surface area contributed by atoms with Crippen LogP contribution in [0.5, 0.6) is 0 Å². The predicted octanol–water partition coefficient (Wildman–Crippen LogP) is 2.70. The van der Waals surface area contributed by atoms with Gasteiger partial charge in [-0.25, -0.2) is 4.98 Å². The monoisotopic (exact) mass is 459 g/mol. The van der Waals surface area contributed by atoms with Crippen molar-refractivity contribution in [3.8, 4) is 11.3 Å². The molecule has 4 rings (SSSR count). The number of aryl methyl sites for hydroxylation is 1. The summed E-state index contributed by atoms with van der Waals surface area (Å²) in [5.41, 5.74) is 3.75. The van der Waals surface area contributed by atoms with Gasteiger partial charge >= 0.3 is 0 Å². The van der Waals surface area contributed by atoms with E-state index in [1.165, 1.54) is 7.05 Å². The van der Waals surface area contributed by atoms with Crippen LogP contribution < -0.4 is 16.0 Å². The molecule has 0 bridgehead atoms. The zero-order chi connectivity index (χ0) is 24.2. The van der Waals surface area contributed by atoms with Crippen LogP contribution in [0, 0.1) is 6.92 Å². The van der Waals surface area contributed by atoms with Gasteiger partial charge in [0.1, 0.15) is 23.1 Å². The molecule has 0 saturated carbocycles. The molecule has 3 heterocycles. The molecule has 34 heavy (non-hydrogen) atoms. The van der Waals surface area contributed by atoms with Crippen LogP contribution in [-0.4, -0.2) is 40.2 Å². The van der Waals surface area contributed by atoms with Crippen molar-refractivity contribution in [2.24, 2.45) is 0 Å². The number of likely N-dealkylation sites (N-methyl/N-ethyl adjacent to an activating group) is 1. The van der Waals surface area contributed by atoms with Gasteiger partial charge in [-0.3, -0.25) is 14.4 Å². The summed E-state index contributed by atoms with van der Waals surface area (Å²) in [6.07, 6.45) is 3.57. The lowest BCUT2D eigenvalue weighted by Crippen LogP contribution is -2.43. The van der Waals surface area contributed by atoms with Gasteiger partial charge in [-0.15, -0.1) is 0 Å². The molecule has 0 spiro atoms. The summed E-state index contributed by atoms with van der Waals surface area (Å²) in [6, 6.07) is 13.9. The average Bonchev–Trinajstić information content (AvgIpc) is 3.49. The standard InChI is InChI=1S/C25H25N5O4/c1-15-9-10-30-14-19(29-22(30)11-15)24(32)27-13-17-5-4-6-18(12-17)20-7-8-21(34-20)25(33)28-16(2)23(31)26-3/h4-12,14,16H,13H2,1-3H3,(H,26,31)(H,27,32)(H,28,33)/t16-/m0/s1. The van der Waals surface area contributed by atoms with Gasteiger partial charge in [0.05, 0.1) is 0 Å². The smallest absolute Gasteiger partial charge is 0.287 e. The number of nitrogens with one attached hydrogen (secondary N) is 3. The fraction of sp³-hybridized carbons (Fsp3) is 0.200. The van der Waals surface area contributed by atoms with Crippen LogP contribution in [0.25, 0.3) is 17.0 Å². The third kappa shape index (κ3) is 4.98. The van der Waals surface area contributed by atoms with Crippen LogP contribution in [0.4, 0.5) is 0 Å². The number of nitrogens with zero attached hydrogens (tertiary/aromatic N) is 2. The topological polar surface area (TPSA) is 118 Å². The fourth-order valence-corrected chi connectivity index (χ4v) is 3.47. The van der Waals surface area contributed by atoms with Gasteiger partial charge in [0, 0.05) is 31.5 Å². The zero-order valence-electron chi connectivity index (χ0n) is 19.1. The average molecular weight is 460 g/mol. The molecule has 0 saturated heterocycles. The Morgan fingerprint density at radius 2 is 1.91 bits per heavy atom. The lowest BCUT2D eigenvalue weighted by Gasteiger charge is -2.10. The van der Waals surface area contributed by atoms with Crippen molar-refractivity contribution in [2.75, 3.05) is 7.05 Å². The number of rotatable bonds is 7. The number of fused-ring (bicyclic) bond motifs is 1. The number of furan rings is 1. The van der Waals surface area contributed by atoms with Gasteiger partial charge in [0.2, 0.25) is 5.91 Å². The normalized spacial score (nSPS) is 11.7. The van der Waals surface area contributed by atoms with Crippen LogP contribution in [0.2, 0.25) is 0 Å². The molecule has 0 aliphatic rings. The van der Waals surface area contributed by atoms with Crippen molar-refractivity contribution in [1.29, 1.82) is 0 Å². The molecule has 3 aromatic heterocycles. The molecule has 0 fully saturated rings. The maximum absolute atomic E-state index is 12.6. The lowest BCUT2D eigenvalue weighted by molar-refractivity contribution is -0.122. The first kappa shape index (κ1) is 22.8. The van der Waals surface area contributed by atoms with E-state index in [2.05, 4.69) is 20.9 Å². The van der Waals surface area contributed by atoms with E-state index in [-0.39, 0.29) is 17.6 Å². The third-order valence-electron chi connectivity index (χ3n) is 5.33. The number of carbonyl (C=O) groups excluding carboxylic acids is 3. The highest BCUT2D eigenvalue weighted by Gasteiger charge is 2.18. The fourth-order valence-electron chi connectivity index (χ4n) is 3.47. The maximum Gasteiger partial charge on any atom is 0.287 e. The Hall–Kier alpha value is -4.40. The first-order valence-corrected chi connectivity index (χ1v) is 10.8. The van der Waals surface area contributed by atoms with E-state index in [4.69, 9.17) is 4.42 Å². The van der Waals surface area contributed by atoms with Gasteiger partial charge in [-0.2, -0.15) is 0 Å². The highest BCUT2D eigenvalue weighted by molar-refractivity contribution is 5.95. The van der Waals surface area contributed by atoms with E-state index in [0.29, 0.717) is 18.0 Å². The zero-order valence-corrected chi connectivity index (χ0v) is 19.1. The van der Waals surface area contributed by atoms with E-state index in [0.717, 1.165) is 22.3 Å². The van der Waals surface area contributed by atoms with Gasteiger partial charge in [-0.1, -0.05) is 18.2 Å². The third-order valence-corrected chi connectivity index (χ3v) is 5.33. The highest BCUT2D eigenvalue weighted by atomic mass is 16.4. The Balaban J connectivity index is 1.41. The lowest BCUT2D eigenvalue weighted by atomic mass is 10.1. The summed E-state index contributed by atoms with van der Waals surface area (Å²) in [4.78, 5) is 40.9. The van der Waals surface area contributed by atoms with E-state index >= 15 is 0 Å². The van der Waals surface area contributed by atoms with Gasteiger partial charge in [-0.05, 0) is 55.3 Å². The number of hydrogen-bond acceptors (Lipinski definition) is 5. The molecule has 9 nitrogen and oxygen atoms in total. The first-order chi connectivity index (χ1) is 16.3. The first-order valence-electron chi connectivity index (χ1n) is 10.8. The second-order valence-corrected chi connectivity index (χ2v) is 7.95. The van der Waals surface area contributed by atoms with Crippen molar-refractivity contribution in [3.63, 3.8) is 0 Å². The molecular weight excluding hydrogens is 434 g/mol. The predicted molar refractivity (Wildman–Crippen MR) is 126 cm³/mol. The number of imidazole rings is 1. The minimum atomic E-state index is -0.685. The van der Waals surface area contributed by atoms with Crippen molar-refractivity contribution in [3.05, 3.63) is 83.5 Å². The Bertz CT molecular complexity index is 1370. The molecule has 0 aliphatic carbocycles. The minimum absolute atomic E-state index is 0.103. The highest BCUT2D eigenvalue weighted by Crippen LogP contribution is 2.23. The van der Waals surface area contributed by atoms with Crippen molar-refractivity contribution >= 4 is 23.4 Å². The second kappa shape index (κ2) is 9.62. The number of aromatic nitrogens is 2.